The summed E-state index contributed by atoms with van der Waals surface area (Å²) in [6.07, 6.45) is 0. The van der Waals surface area contributed by atoms with Crippen LogP contribution in [0, 0.1) is 0 Å². The first-order chi connectivity index (χ1) is 7.22. The van der Waals surface area contributed by atoms with Crippen LogP contribution in [0.25, 0.3) is 0 Å². The number of rotatable bonds is 2. The maximum absolute atomic E-state index is 11.4. The topological polar surface area (TPSA) is 38.3 Å². The fourth-order valence-corrected chi connectivity index (χ4v) is 2.01. The third-order valence-electron chi connectivity index (χ3n) is 2.71. The summed E-state index contributed by atoms with van der Waals surface area (Å²) < 4.78 is 5.77. The lowest BCUT2D eigenvalue weighted by Crippen LogP contribution is -2.56. The molecule has 0 aromatic heterocycles. The third-order valence-corrected chi connectivity index (χ3v) is 3.24. The van der Waals surface area contributed by atoms with E-state index in [4.69, 9.17) is 4.74 Å². The van der Waals surface area contributed by atoms with Crippen LogP contribution in [0.4, 0.5) is 0 Å². The molecular formula is C11H12BrNO2. The summed E-state index contributed by atoms with van der Waals surface area (Å²) in [4.78, 5) is 11.4. The molecule has 1 aliphatic heterocycles. The van der Waals surface area contributed by atoms with Gasteiger partial charge in [0.15, 0.2) is 0 Å². The molecule has 0 amide bonds. The van der Waals surface area contributed by atoms with Gasteiger partial charge in [-0.25, -0.2) is 0 Å². The molecule has 2 atom stereocenters. The summed E-state index contributed by atoms with van der Waals surface area (Å²) in [5.41, 5.74) is 1.17. The van der Waals surface area contributed by atoms with Crippen LogP contribution in [0.3, 0.4) is 0 Å². The second kappa shape index (κ2) is 4.33. The number of ether oxygens (including phenoxy) is 1. The molecule has 0 bridgehead atoms. The Labute approximate surface area is 96.9 Å². The number of methoxy groups -OCH3 is 1. The monoisotopic (exact) mass is 269 g/mol. The van der Waals surface area contributed by atoms with E-state index in [0.29, 0.717) is 0 Å². The fourth-order valence-electron chi connectivity index (χ4n) is 1.75. The van der Waals surface area contributed by atoms with Crippen molar-refractivity contribution in [3.63, 3.8) is 0 Å². The van der Waals surface area contributed by atoms with E-state index in [0.717, 1.165) is 11.0 Å². The fraction of sp³-hybridized carbons (Fsp3) is 0.364. The Hall–Kier alpha value is -0.870. The van der Waals surface area contributed by atoms with Crippen LogP contribution in [0.15, 0.2) is 28.7 Å². The first-order valence-electron chi connectivity index (χ1n) is 4.79. The van der Waals surface area contributed by atoms with Crippen LogP contribution in [0.2, 0.25) is 0 Å². The zero-order valence-corrected chi connectivity index (χ0v) is 9.95. The molecule has 0 aliphatic carbocycles. The Balaban J connectivity index is 2.12. The van der Waals surface area contributed by atoms with Crippen molar-refractivity contribution in [3.8, 4) is 0 Å². The minimum absolute atomic E-state index is 0.184. The van der Waals surface area contributed by atoms with E-state index in [9.17, 15) is 4.79 Å². The molecule has 0 unspecified atom stereocenters. The zero-order valence-electron chi connectivity index (χ0n) is 8.37. The van der Waals surface area contributed by atoms with Gasteiger partial charge in [-0.15, -0.1) is 0 Å². The zero-order chi connectivity index (χ0) is 10.8. The first-order valence-corrected chi connectivity index (χ1v) is 5.58. The highest BCUT2D eigenvalue weighted by Gasteiger charge is 2.37. The van der Waals surface area contributed by atoms with Crippen LogP contribution in [0.5, 0.6) is 0 Å². The molecule has 0 radical (unpaired) electrons. The molecule has 2 rings (SSSR count). The van der Waals surface area contributed by atoms with E-state index in [-0.39, 0.29) is 17.9 Å². The molecule has 1 saturated heterocycles. The minimum Gasteiger partial charge on any atom is -0.468 e. The van der Waals surface area contributed by atoms with Crippen molar-refractivity contribution in [2.24, 2.45) is 0 Å². The van der Waals surface area contributed by atoms with Crippen LogP contribution in [-0.2, 0) is 9.53 Å². The highest BCUT2D eigenvalue weighted by atomic mass is 79.9. The Morgan fingerprint density at radius 2 is 2.13 bits per heavy atom. The quantitative estimate of drug-likeness (QED) is 0.831. The Morgan fingerprint density at radius 1 is 1.47 bits per heavy atom. The average molecular weight is 270 g/mol. The molecule has 0 spiro atoms. The summed E-state index contributed by atoms with van der Waals surface area (Å²) in [5.74, 6) is 0.0553. The molecule has 1 N–H and O–H groups in total. The van der Waals surface area contributed by atoms with Crippen molar-refractivity contribution in [1.29, 1.82) is 0 Å². The Kier molecular flexibility index (Phi) is 3.07. The maximum Gasteiger partial charge on any atom is 0.323 e. The Morgan fingerprint density at radius 3 is 2.60 bits per heavy atom. The number of benzene rings is 1. The van der Waals surface area contributed by atoms with Gasteiger partial charge in [0.2, 0.25) is 0 Å². The highest BCUT2D eigenvalue weighted by molar-refractivity contribution is 9.10. The van der Waals surface area contributed by atoms with Gasteiger partial charge in [0.25, 0.3) is 0 Å². The summed E-state index contributed by atoms with van der Waals surface area (Å²) in [5, 5.41) is 3.07. The van der Waals surface area contributed by atoms with Gasteiger partial charge in [0.1, 0.15) is 6.04 Å². The molecule has 1 aliphatic rings. The van der Waals surface area contributed by atoms with Crippen LogP contribution in [0.1, 0.15) is 11.5 Å². The molecule has 1 aromatic rings. The number of hydrogen-bond acceptors (Lipinski definition) is 3. The smallest absolute Gasteiger partial charge is 0.323 e. The predicted molar refractivity (Wildman–Crippen MR) is 60.7 cm³/mol. The number of carbonyl (C=O) groups excluding carboxylic acids is 1. The molecule has 1 aromatic carbocycles. The van der Waals surface area contributed by atoms with Crippen molar-refractivity contribution in [2.45, 2.75) is 12.0 Å². The van der Waals surface area contributed by atoms with E-state index in [1.807, 2.05) is 24.3 Å². The van der Waals surface area contributed by atoms with Gasteiger partial charge in [0, 0.05) is 16.9 Å². The van der Waals surface area contributed by atoms with E-state index in [1.54, 1.807) is 0 Å². The number of esters is 1. The second-order valence-corrected chi connectivity index (χ2v) is 4.48. The van der Waals surface area contributed by atoms with Crippen molar-refractivity contribution in [3.05, 3.63) is 34.3 Å². The lowest BCUT2D eigenvalue weighted by molar-refractivity contribution is -0.145. The van der Waals surface area contributed by atoms with E-state index in [2.05, 4.69) is 21.2 Å². The van der Waals surface area contributed by atoms with Crippen LogP contribution in [-0.4, -0.2) is 25.7 Å². The number of halogens is 1. The number of hydrogen-bond donors (Lipinski definition) is 1. The maximum atomic E-state index is 11.4. The summed E-state index contributed by atoms with van der Waals surface area (Å²) >= 11 is 3.38. The van der Waals surface area contributed by atoms with Gasteiger partial charge in [-0.3, -0.25) is 4.79 Å². The number of nitrogens with one attached hydrogen (secondary N) is 1. The van der Waals surface area contributed by atoms with E-state index in [1.165, 1.54) is 12.7 Å². The lowest BCUT2D eigenvalue weighted by Gasteiger charge is -2.36. The molecular weight excluding hydrogens is 258 g/mol. The standard InChI is InChI=1S/C11H12BrNO2/c1-15-11(14)10-9(6-13-10)7-2-4-8(12)5-3-7/h2-5,9-10,13H,6H2,1H3/t9-,10-/m0/s1. The predicted octanol–water partition coefficient (Wildman–Crippen LogP) is 1.68. The van der Waals surface area contributed by atoms with Gasteiger partial charge in [0.05, 0.1) is 7.11 Å². The molecule has 80 valence electrons. The molecule has 15 heavy (non-hydrogen) atoms. The lowest BCUT2D eigenvalue weighted by atomic mass is 9.85. The molecule has 4 heteroatoms. The second-order valence-electron chi connectivity index (χ2n) is 3.57. The van der Waals surface area contributed by atoms with Crippen LogP contribution >= 0.6 is 15.9 Å². The highest BCUT2D eigenvalue weighted by Crippen LogP contribution is 2.27. The number of carbonyl (C=O) groups is 1. The summed E-state index contributed by atoms with van der Waals surface area (Å²) in [6.45, 7) is 0.835. The molecule has 1 fully saturated rings. The van der Waals surface area contributed by atoms with Gasteiger partial charge in [-0.2, -0.15) is 0 Å². The molecule has 3 nitrogen and oxygen atoms in total. The largest absolute Gasteiger partial charge is 0.468 e. The SMILES string of the molecule is COC(=O)[C@H]1NC[C@H]1c1ccc(Br)cc1. The average Bonchev–Trinajstić information content (AvgIpc) is 2.19. The summed E-state index contributed by atoms with van der Waals surface area (Å²) in [6, 6.07) is 7.86. The summed E-state index contributed by atoms with van der Waals surface area (Å²) in [7, 11) is 1.42. The molecule has 0 saturated carbocycles. The first kappa shape index (κ1) is 10.6. The Bertz CT molecular complexity index is 363. The van der Waals surface area contributed by atoms with Crippen molar-refractivity contribution in [2.75, 3.05) is 13.7 Å². The van der Waals surface area contributed by atoms with Crippen molar-refractivity contribution in [1.82, 2.24) is 5.32 Å². The minimum atomic E-state index is -0.186. The van der Waals surface area contributed by atoms with Crippen LogP contribution < -0.4 is 5.32 Å². The van der Waals surface area contributed by atoms with E-state index < -0.39 is 0 Å². The van der Waals surface area contributed by atoms with Gasteiger partial charge in [-0.1, -0.05) is 28.1 Å². The van der Waals surface area contributed by atoms with E-state index >= 15 is 0 Å². The van der Waals surface area contributed by atoms with Crippen molar-refractivity contribution < 1.29 is 9.53 Å². The molecule has 1 heterocycles. The van der Waals surface area contributed by atoms with Gasteiger partial charge >= 0.3 is 5.97 Å². The third kappa shape index (κ3) is 2.06. The normalized spacial score (nSPS) is 24.4. The van der Waals surface area contributed by atoms with Gasteiger partial charge < -0.3 is 10.1 Å². The van der Waals surface area contributed by atoms with Crippen molar-refractivity contribution >= 4 is 21.9 Å². The van der Waals surface area contributed by atoms with Gasteiger partial charge in [-0.05, 0) is 17.7 Å².